The van der Waals surface area contributed by atoms with Gasteiger partial charge in [0.25, 0.3) is 0 Å². The minimum Gasteiger partial charge on any atom is -0.306 e. The highest BCUT2D eigenvalue weighted by atomic mass is 79.9. The minimum absolute atomic E-state index is 0.749. The zero-order chi connectivity index (χ0) is 11.1. The van der Waals surface area contributed by atoms with Crippen LogP contribution in [0.25, 0.3) is 0 Å². The number of benzene rings is 1. The molecule has 0 amide bonds. The molecule has 0 radical (unpaired) electrons. The van der Waals surface area contributed by atoms with Crippen LogP contribution < -0.4 is 0 Å². The molecule has 0 aromatic heterocycles. The fraction of sp³-hybridized carbons (Fsp3) is 0.500. The van der Waals surface area contributed by atoms with Gasteiger partial charge in [0.15, 0.2) is 0 Å². The molecule has 0 heterocycles. The maximum Gasteiger partial charge on any atom is 0.0235 e. The maximum absolute atomic E-state index is 5.65. The van der Waals surface area contributed by atoms with Gasteiger partial charge >= 0.3 is 0 Å². The summed E-state index contributed by atoms with van der Waals surface area (Å²) in [5, 5.41) is 0. The molecule has 0 N–H and O–H groups in total. The molecule has 0 saturated heterocycles. The second kappa shape index (κ2) is 7.26. The Kier molecular flexibility index (Phi) is 6.30. The van der Waals surface area contributed by atoms with Crippen molar-refractivity contribution in [1.29, 1.82) is 0 Å². The molecule has 0 unspecified atom stereocenters. The van der Waals surface area contributed by atoms with E-state index in [1.54, 1.807) is 0 Å². The molecular weight excluding hydrogens is 273 g/mol. The van der Waals surface area contributed by atoms with Crippen LogP contribution in [0, 0.1) is 0 Å². The van der Waals surface area contributed by atoms with Gasteiger partial charge in [0, 0.05) is 16.9 Å². The van der Waals surface area contributed by atoms with Gasteiger partial charge in [0.2, 0.25) is 0 Å². The first-order valence-electron chi connectivity index (χ1n) is 5.22. The van der Waals surface area contributed by atoms with E-state index in [1.807, 2.05) is 6.07 Å². The number of rotatable bonds is 6. The molecule has 0 saturated carbocycles. The number of halogens is 2. The summed E-state index contributed by atoms with van der Waals surface area (Å²) < 4.78 is 1.20. The normalized spacial score (nSPS) is 10.9. The average molecular weight is 291 g/mol. The van der Waals surface area contributed by atoms with Crippen molar-refractivity contribution >= 4 is 27.5 Å². The summed E-state index contributed by atoms with van der Waals surface area (Å²) in [6.07, 6.45) is 2.15. The lowest BCUT2D eigenvalue weighted by Gasteiger charge is -2.16. The minimum atomic E-state index is 0.749. The second-order valence-electron chi connectivity index (χ2n) is 3.69. The van der Waals surface area contributed by atoms with Crippen LogP contribution in [-0.2, 0) is 6.42 Å². The van der Waals surface area contributed by atoms with E-state index in [0.717, 1.165) is 31.8 Å². The summed E-state index contributed by atoms with van der Waals surface area (Å²) >= 11 is 9.21. The number of hydrogen-bond donors (Lipinski definition) is 0. The van der Waals surface area contributed by atoms with Gasteiger partial charge in [0.05, 0.1) is 0 Å². The third-order valence-corrected chi connectivity index (χ3v) is 3.44. The molecule has 1 nitrogen and oxygen atoms in total. The van der Waals surface area contributed by atoms with Crippen molar-refractivity contribution in [3.8, 4) is 0 Å². The molecule has 0 aliphatic rings. The van der Waals surface area contributed by atoms with Crippen molar-refractivity contribution in [2.45, 2.75) is 12.8 Å². The first kappa shape index (κ1) is 13.0. The Morgan fingerprint density at radius 3 is 2.67 bits per heavy atom. The smallest absolute Gasteiger partial charge is 0.0235 e. The van der Waals surface area contributed by atoms with Crippen molar-refractivity contribution in [1.82, 2.24) is 4.90 Å². The molecule has 15 heavy (non-hydrogen) atoms. The third-order valence-electron chi connectivity index (χ3n) is 2.39. The van der Waals surface area contributed by atoms with E-state index in [9.17, 15) is 0 Å². The molecule has 0 bridgehead atoms. The Bertz CT molecular complexity index is 291. The molecule has 0 spiro atoms. The van der Waals surface area contributed by atoms with Gasteiger partial charge in [-0.05, 0) is 38.1 Å². The number of alkyl halides is 1. The van der Waals surface area contributed by atoms with E-state index >= 15 is 0 Å². The highest BCUT2D eigenvalue weighted by Crippen LogP contribution is 2.16. The lowest BCUT2D eigenvalue weighted by molar-refractivity contribution is 0.339. The van der Waals surface area contributed by atoms with Crippen LogP contribution in [0.1, 0.15) is 12.0 Å². The van der Waals surface area contributed by atoms with Gasteiger partial charge in [-0.1, -0.05) is 34.1 Å². The first-order chi connectivity index (χ1) is 7.24. The molecule has 84 valence electrons. The standard InChI is InChI=1S/C12H17BrClN/c1-15(9-4-8-14)10-7-11-5-2-3-6-12(11)13/h2-3,5-6H,4,7-10H2,1H3. The monoisotopic (exact) mass is 289 g/mol. The predicted octanol–water partition coefficient (Wildman–Crippen LogP) is 3.55. The van der Waals surface area contributed by atoms with Crippen LogP contribution in [-0.4, -0.2) is 30.9 Å². The highest BCUT2D eigenvalue weighted by Gasteiger charge is 2.01. The highest BCUT2D eigenvalue weighted by molar-refractivity contribution is 9.10. The van der Waals surface area contributed by atoms with Crippen LogP contribution in [0.2, 0.25) is 0 Å². The molecule has 0 aliphatic carbocycles. The predicted molar refractivity (Wildman–Crippen MR) is 70.7 cm³/mol. The second-order valence-corrected chi connectivity index (χ2v) is 4.92. The quantitative estimate of drug-likeness (QED) is 0.724. The average Bonchev–Trinajstić information content (AvgIpc) is 2.25. The van der Waals surface area contributed by atoms with Crippen LogP contribution in [0.5, 0.6) is 0 Å². The summed E-state index contributed by atoms with van der Waals surface area (Å²) in [7, 11) is 2.14. The molecule has 3 heteroatoms. The van der Waals surface area contributed by atoms with Crippen molar-refractivity contribution in [2.75, 3.05) is 26.0 Å². The van der Waals surface area contributed by atoms with Gasteiger partial charge in [0.1, 0.15) is 0 Å². The van der Waals surface area contributed by atoms with Crippen LogP contribution in [0.3, 0.4) is 0 Å². The number of nitrogens with zero attached hydrogens (tertiary/aromatic N) is 1. The van der Waals surface area contributed by atoms with Gasteiger partial charge in [-0.3, -0.25) is 0 Å². The lowest BCUT2D eigenvalue weighted by Crippen LogP contribution is -2.22. The zero-order valence-corrected chi connectivity index (χ0v) is 11.4. The SMILES string of the molecule is CN(CCCCl)CCc1ccccc1Br. The zero-order valence-electron chi connectivity index (χ0n) is 9.05. The Morgan fingerprint density at radius 1 is 1.27 bits per heavy atom. The Balaban J connectivity index is 2.33. The molecule has 1 rings (SSSR count). The Hall–Kier alpha value is -0.0500. The molecule has 1 aromatic rings. The van der Waals surface area contributed by atoms with Crippen LogP contribution in [0.4, 0.5) is 0 Å². The summed E-state index contributed by atoms with van der Waals surface area (Å²) in [6, 6.07) is 8.39. The maximum atomic E-state index is 5.65. The van der Waals surface area contributed by atoms with E-state index in [0.29, 0.717) is 0 Å². The molecular formula is C12H17BrClN. The molecule has 0 fully saturated rings. The van der Waals surface area contributed by atoms with Crippen molar-refractivity contribution in [3.63, 3.8) is 0 Å². The van der Waals surface area contributed by atoms with E-state index in [-0.39, 0.29) is 0 Å². The van der Waals surface area contributed by atoms with Crippen LogP contribution >= 0.6 is 27.5 Å². The number of hydrogen-bond acceptors (Lipinski definition) is 1. The van der Waals surface area contributed by atoms with Gasteiger partial charge in [-0.25, -0.2) is 0 Å². The third kappa shape index (κ3) is 5.01. The first-order valence-corrected chi connectivity index (χ1v) is 6.54. The van der Waals surface area contributed by atoms with E-state index in [2.05, 4.69) is 46.1 Å². The van der Waals surface area contributed by atoms with Crippen molar-refractivity contribution < 1.29 is 0 Å². The lowest BCUT2D eigenvalue weighted by atomic mass is 10.1. The topological polar surface area (TPSA) is 3.24 Å². The largest absolute Gasteiger partial charge is 0.306 e. The number of likely N-dealkylation sites (N-methyl/N-ethyl adjacent to an activating group) is 1. The van der Waals surface area contributed by atoms with Crippen molar-refractivity contribution in [3.05, 3.63) is 34.3 Å². The summed E-state index contributed by atoms with van der Waals surface area (Å²) in [6.45, 7) is 2.16. The van der Waals surface area contributed by atoms with E-state index in [4.69, 9.17) is 11.6 Å². The van der Waals surface area contributed by atoms with Gasteiger partial charge in [-0.2, -0.15) is 0 Å². The molecule has 0 atom stereocenters. The van der Waals surface area contributed by atoms with Gasteiger partial charge in [-0.15, -0.1) is 11.6 Å². The Labute approximate surface area is 106 Å². The summed E-state index contributed by atoms with van der Waals surface area (Å²) in [4.78, 5) is 2.32. The molecule has 1 aromatic carbocycles. The summed E-state index contributed by atoms with van der Waals surface area (Å²) in [5.74, 6) is 0.749. The van der Waals surface area contributed by atoms with E-state index < -0.39 is 0 Å². The fourth-order valence-corrected chi connectivity index (χ4v) is 2.06. The molecule has 0 aliphatic heterocycles. The van der Waals surface area contributed by atoms with Crippen LogP contribution in [0.15, 0.2) is 28.7 Å². The van der Waals surface area contributed by atoms with E-state index in [1.165, 1.54) is 10.0 Å². The fourth-order valence-electron chi connectivity index (χ4n) is 1.45. The van der Waals surface area contributed by atoms with Gasteiger partial charge < -0.3 is 4.90 Å². The van der Waals surface area contributed by atoms with Crippen molar-refractivity contribution in [2.24, 2.45) is 0 Å². The summed E-state index contributed by atoms with van der Waals surface area (Å²) in [5.41, 5.74) is 1.37. The Morgan fingerprint density at radius 2 is 2.00 bits per heavy atom.